The molecule has 94 valence electrons. The van der Waals surface area contributed by atoms with Crippen LogP contribution in [-0.2, 0) is 6.54 Å². The number of nitro groups is 1. The Kier molecular flexibility index (Phi) is 5.47. The molecule has 0 saturated carbocycles. The van der Waals surface area contributed by atoms with Gasteiger partial charge in [0.25, 0.3) is 0 Å². The zero-order valence-electron chi connectivity index (χ0n) is 9.33. The molecule has 17 heavy (non-hydrogen) atoms. The van der Waals surface area contributed by atoms with E-state index in [0.717, 1.165) is 25.0 Å². The molecule has 0 radical (unpaired) electrons. The second-order valence-corrected chi connectivity index (χ2v) is 4.63. The highest BCUT2D eigenvalue weighted by molar-refractivity contribution is 8.13. The molecule has 0 fully saturated rings. The van der Waals surface area contributed by atoms with Gasteiger partial charge in [-0.15, -0.1) is 0 Å². The van der Waals surface area contributed by atoms with Crippen molar-refractivity contribution in [3.63, 3.8) is 0 Å². The minimum absolute atomic E-state index is 0.0251. The molecule has 1 aromatic heterocycles. The summed E-state index contributed by atoms with van der Waals surface area (Å²) in [4.78, 5) is 9.96. The summed E-state index contributed by atoms with van der Waals surface area (Å²) in [5.41, 5.74) is 5.22. The number of amidine groups is 1. The van der Waals surface area contributed by atoms with Gasteiger partial charge < -0.3 is 5.73 Å². The van der Waals surface area contributed by atoms with E-state index in [2.05, 4.69) is 5.10 Å². The molecular formula is C9H15N5O2S. The predicted octanol–water partition coefficient (Wildman–Crippen LogP) is 1.59. The van der Waals surface area contributed by atoms with E-state index in [1.165, 1.54) is 24.2 Å². The molecular weight excluding hydrogens is 242 g/mol. The Morgan fingerprint density at radius 3 is 2.94 bits per heavy atom. The molecule has 0 unspecified atom stereocenters. The average molecular weight is 257 g/mol. The molecule has 1 heterocycles. The second-order valence-electron chi connectivity index (χ2n) is 3.49. The fraction of sp³-hybridized carbons (Fsp3) is 0.556. The van der Waals surface area contributed by atoms with Crippen molar-refractivity contribution in [1.82, 2.24) is 9.78 Å². The Morgan fingerprint density at radius 1 is 1.59 bits per heavy atom. The van der Waals surface area contributed by atoms with Crippen LogP contribution in [0.5, 0.6) is 0 Å². The molecule has 0 aromatic carbocycles. The van der Waals surface area contributed by atoms with Crippen molar-refractivity contribution in [2.75, 3.05) is 5.75 Å². The third-order valence-corrected chi connectivity index (χ3v) is 2.92. The number of rotatable bonds is 7. The maximum atomic E-state index is 10.4. The predicted molar refractivity (Wildman–Crippen MR) is 67.1 cm³/mol. The third kappa shape index (κ3) is 5.34. The van der Waals surface area contributed by atoms with Crippen LogP contribution < -0.4 is 5.73 Å². The lowest BCUT2D eigenvalue weighted by molar-refractivity contribution is -0.385. The third-order valence-electron chi connectivity index (χ3n) is 2.12. The van der Waals surface area contributed by atoms with Gasteiger partial charge in [0.1, 0.15) is 12.4 Å². The van der Waals surface area contributed by atoms with Gasteiger partial charge >= 0.3 is 5.69 Å². The first kappa shape index (κ1) is 13.5. The Bertz CT molecular complexity index is 392. The van der Waals surface area contributed by atoms with Crippen LogP contribution in [0.15, 0.2) is 12.4 Å². The zero-order valence-corrected chi connectivity index (χ0v) is 10.2. The van der Waals surface area contributed by atoms with E-state index in [1.807, 2.05) is 0 Å². The summed E-state index contributed by atoms with van der Waals surface area (Å²) in [6.07, 6.45) is 5.58. The van der Waals surface area contributed by atoms with Crippen LogP contribution >= 0.6 is 11.8 Å². The fourth-order valence-electron chi connectivity index (χ4n) is 1.30. The van der Waals surface area contributed by atoms with Crippen molar-refractivity contribution in [3.05, 3.63) is 22.5 Å². The van der Waals surface area contributed by atoms with Crippen molar-refractivity contribution in [2.24, 2.45) is 5.73 Å². The highest BCUT2D eigenvalue weighted by Crippen LogP contribution is 2.10. The molecule has 0 saturated heterocycles. The summed E-state index contributed by atoms with van der Waals surface area (Å²) in [7, 11) is 0. The van der Waals surface area contributed by atoms with Gasteiger partial charge in [0, 0.05) is 12.3 Å². The number of thioether (sulfide) groups is 1. The van der Waals surface area contributed by atoms with Gasteiger partial charge in [0.05, 0.1) is 4.92 Å². The lowest BCUT2D eigenvalue weighted by atomic mass is 10.2. The van der Waals surface area contributed by atoms with Crippen molar-refractivity contribution >= 4 is 22.6 Å². The number of hydrogen-bond donors (Lipinski definition) is 2. The number of hydrogen-bond acceptors (Lipinski definition) is 5. The average Bonchev–Trinajstić information content (AvgIpc) is 2.71. The van der Waals surface area contributed by atoms with Crippen LogP contribution in [0.2, 0.25) is 0 Å². The summed E-state index contributed by atoms with van der Waals surface area (Å²) in [5.74, 6) is 0.842. The zero-order chi connectivity index (χ0) is 12.7. The largest absolute Gasteiger partial charge is 0.379 e. The van der Waals surface area contributed by atoms with Gasteiger partial charge in [-0.1, -0.05) is 18.2 Å². The standard InChI is InChI=1S/C9H15N5O2S/c10-9(11)17-5-3-1-2-4-13-7-8(6-12-13)14(15)16/h6-7H,1-5H2,(H3,10,11). The van der Waals surface area contributed by atoms with Crippen LogP contribution in [0.1, 0.15) is 19.3 Å². The van der Waals surface area contributed by atoms with Crippen molar-refractivity contribution in [2.45, 2.75) is 25.8 Å². The van der Waals surface area contributed by atoms with Crippen molar-refractivity contribution < 1.29 is 4.92 Å². The molecule has 0 aliphatic carbocycles. The minimum atomic E-state index is -0.451. The molecule has 7 nitrogen and oxygen atoms in total. The van der Waals surface area contributed by atoms with E-state index in [9.17, 15) is 10.1 Å². The van der Waals surface area contributed by atoms with E-state index in [4.69, 9.17) is 11.1 Å². The molecule has 0 aliphatic rings. The smallest absolute Gasteiger partial charge is 0.306 e. The SMILES string of the molecule is N=C(N)SCCCCCn1cc([N+](=O)[O-])cn1. The van der Waals surface area contributed by atoms with Crippen LogP contribution in [0, 0.1) is 15.5 Å². The number of nitrogens with one attached hydrogen (secondary N) is 1. The summed E-state index contributed by atoms with van der Waals surface area (Å²) in [6, 6.07) is 0. The molecule has 0 spiro atoms. The van der Waals surface area contributed by atoms with E-state index in [0.29, 0.717) is 6.54 Å². The van der Waals surface area contributed by atoms with Gasteiger partial charge in [-0.3, -0.25) is 20.2 Å². The Morgan fingerprint density at radius 2 is 2.35 bits per heavy atom. The first-order chi connectivity index (χ1) is 8.09. The normalized spacial score (nSPS) is 10.4. The van der Waals surface area contributed by atoms with Gasteiger partial charge in [0.15, 0.2) is 5.17 Å². The summed E-state index contributed by atoms with van der Waals surface area (Å²) >= 11 is 1.33. The summed E-state index contributed by atoms with van der Waals surface area (Å²) in [5, 5.41) is 21.5. The molecule has 1 rings (SSSR count). The molecule has 3 N–H and O–H groups in total. The van der Waals surface area contributed by atoms with Crippen LogP contribution in [-0.4, -0.2) is 25.6 Å². The van der Waals surface area contributed by atoms with Crippen LogP contribution in [0.25, 0.3) is 0 Å². The number of aryl methyl sites for hydroxylation is 1. The maximum Gasteiger partial charge on any atom is 0.306 e. The second kappa shape index (κ2) is 6.89. The summed E-state index contributed by atoms with van der Waals surface area (Å²) < 4.78 is 1.58. The Labute approximate surface area is 103 Å². The van der Waals surface area contributed by atoms with Crippen molar-refractivity contribution in [1.29, 1.82) is 5.41 Å². The quantitative estimate of drug-likeness (QED) is 0.253. The fourth-order valence-corrected chi connectivity index (χ4v) is 1.87. The maximum absolute atomic E-state index is 10.4. The van der Waals surface area contributed by atoms with Gasteiger partial charge in [-0.05, 0) is 12.8 Å². The lowest BCUT2D eigenvalue weighted by Gasteiger charge is -2.01. The van der Waals surface area contributed by atoms with E-state index in [1.54, 1.807) is 4.68 Å². The topological polar surface area (TPSA) is 111 Å². The molecule has 0 bridgehead atoms. The van der Waals surface area contributed by atoms with Gasteiger partial charge in [-0.25, -0.2) is 0 Å². The number of nitrogens with zero attached hydrogens (tertiary/aromatic N) is 3. The number of nitrogens with two attached hydrogens (primary N) is 1. The first-order valence-corrected chi connectivity index (χ1v) is 6.22. The molecule has 1 aromatic rings. The van der Waals surface area contributed by atoms with Gasteiger partial charge in [-0.2, -0.15) is 5.10 Å². The van der Waals surface area contributed by atoms with E-state index in [-0.39, 0.29) is 10.9 Å². The number of aromatic nitrogens is 2. The first-order valence-electron chi connectivity index (χ1n) is 5.23. The summed E-state index contributed by atoms with van der Waals surface area (Å²) in [6.45, 7) is 0.679. The lowest BCUT2D eigenvalue weighted by Crippen LogP contribution is -2.04. The van der Waals surface area contributed by atoms with Gasteiger partial charge in [0.2, 0.25) is 0 Å². The van der Waals surface area contributed by atoms with Crippen molar-refractivity contribution in [3.8, 4) is 0 Å². The Hall–Kier alpha value is -1.57. The van der Waals surface area contributed by atoms with E-state index >= 15 is 0 Å². The van der Waals surface area contributed by atoms with Crippen LogP contribution in [0.3, 0.4) is 0 Å². The highest BCUT2D eigenvalue weighted by atomic mass is 32.2. The molecule has 8 heteroatoms. The highest BCUT2D eigenvalue weighted by Gasteiger charge is 2.07. The number of unbranched alkanes of at least 4 members (excludes halogenated alkanes) is 2. The molecule has 0 atom stereocenters. The van der Waals surface area contributed by atoms with Crippen LogP contribution in [0.4, 0.5) is 5.69 Å². The Balaban J connectivity index is 2.13. The monoisotopic (exact) mass is 257 g/mol. The minimum Gasteiger partial charge on any atom is -0.379 e. The molecule has 0 amide bonds. The van der Waals surface area contributed by atoms with E-state index < -0.39 is 4.92 Å². The molecule has 0 aliphatic heterocycles.